The smallest absolute Gasteiger partial charge is 0.415 e. The van der Waals surface area contributed by atoms with Crippen LogP contribution in [0.3, 0.4) is 0 Å². The average Bonchev–Trinajstić information content (AvgIpc) is 2.68. The zero-order valence-corrected chi connectivity index (χ0v) is 19.2. The first-order valence-electron chi connectivity index (χ1n) is 9.46. The highest BCUT2D eigenvalue weighted by atomic mass is 35.5. The summed E-state index contributed by atoms with van der Waals surface area (Å²) < 4.78 is 23.9. The van der Waals surface area contributed by atoms with Crippen molar-refractivity contribution in [2.45, 2.75) is 45.4 Å². The van der Waals surface area contributed by atoms with Crippen LogP contribution in [0.2, 0.25) is 10.0 Å². The van der Waals surface area contributed by atoms with E-state index in [0.717, 1.165) is 18.1 Å². The topological polar surface area (TPSA) is 107 Å². The molecule has 1 atom stereocenters. The summed E-state index contributed by atoms with van der Waals surface area (Å²) in [5, 5.41) is 16.7. The molecule has 1 aliphatic heterocycles. The van der Waals surface area contributed by atoms with Crippen LogP contribution in [-0.4, -0.2) is 65.3 Å². The van der Waals surface area contributed by atoms with Gasteiger partial charge in [-0.1, -0.05) is 23.2 Å². The third kappa shape index (κ3) is 6.15. The number of nitrogens with one attached hydrogen (secondary N) is 2. The number of halogens is 3. The second-order valence-corrected chi connectivity index (χ2v) is 8.78. The van der Waals surface area contributed by atoms with Crippen LogP contribution in [0.5, 0.6) is 0 Å². The molecule has 2 rings (SSSR count). The maximum atomic E-state index is 14.0. The number of methoxy groups -OCH3 is 1. The highest BCUT2D eigenvalue weighted by Crippen LogP contribution is 2.30. The summed E-state index contributed by atoms with van der Waals surface area (Å²) in [4.78, 5) is 27.2. The minimum atomic E-state index is -0.858. The van der Waals surface area contributed by atoms with E-state index < -0.39 is 29.5 Å². The number of hydrogen-bond acceptors (Lipinski definition) is 7. The van der Waals surface area contributed by atoms with Gasteiger partial charge in [-0.05, 0) is 32.9 Å². The van der Waals surface area contributed by atoms with Crippen LogP contribution in [0.25, 0.3) is 0 Å². The van der Waals surface area contributed by atoms with E-state index in [1.54, 1.807) is 25.7 Å². The maximum absolute atomic E-state index is 14.0. The third-order valence-corrected chi connectivity index (χ3v) is 5.36. The van der Waals surface area contributed by atoms with Gasteiger partial charge in [-0.2, -0.15) is 0 Å². The van der Waals surface area contributed by atoms with Gasteiger partial charge in [-0.25, -0.2) is 14.0 Å². The molecule has 1 saturated heterocycles. The van der Waals surface area contributed by atoms with Gasteiger partial charge in [-0.3, -0.25) is 20.6 Å². The predicted octanol–water partition coefficient (Wildman–Crippen LogP) is 4.11. The number of carbonyl (C=O) groups is 2. The first kappa shape index (κ1) is 25.0. The SMILES string of the molecule is COC(=O)C(=N)CC1C(=N)N(C(=O)OC(C)(C)C)CCN1Cc1c(Cl)ccc(F)c1Cl. The number of amides is 1. The minimum absolute atomic E-state index is 0.0546. The van der Waals surface area contributed by atoms with Crippen LogP contribution >= 0.6 is 23.2 Å². The van der Waals surface area contributed by atoms with Crippen LogP contribution in [0, 0.1) is 16.6 Å². The van der Waals surface area contributed by atoms with Crippen LogP contribution < -0.4 is 0 Å². The number of esters is 1. The summed E-state index contributed by atoms with van der Waals surface area (Å²) in [6.07, 6.45) is -0.899. The van der Waals surface area contributed by atoms with Gasteiger partial charge in [0.25, 0.3) is 0 Å². The number of amidine groups is 1. The fourth-order valence-corrected chi connectivity index (χ4v) is 3.59. The van der Waals surface area contributed by atoms with Gasteiger partial charge in [0.2, 0.25) is 0 Å². The Morgan fingerprint density at radius 2 is 1.90 bits per heavy atom. The van der Waals surface area contributed by atoms with Gasteiger partial charge in [0.15, 0.2) is 0 Å². The number of rotatable bonds is 5. The Morgan fingerprint density at radius 1 is 1.26 bits per heavy atom. The molecular weight excluding hydrogens is 450 g/mol. The Labute approximate surface area is 190 Å². The third-order valence-electron chi connectivity index (χ3n) is 4.60. The van der Waals surface area contributed by atoms with E-state index in [9.17, 15) is 14.0 Å². The highest BCUT2D eigenvalue weighted by Gasteiger charge is 2.38. The number of ether oxygens (including phenoxy) is 2. The maximum Gasteiger partial charge on any atom is 0.415 e. The summed E-state index contributed by atoms with van der Waals surface area (Å²) in [6, 6.07) is 1.68. The fraction of sp³-hybridized carbons (Fsp3) is 0.500. The largest absolute Gasteiger partial charge is 0.465 e. The molecule has 0 saturated carbocycles. The van der Waals surface area contributed by atoms with Gasteiger partial charge >= 0.3 is 12.1 Å². The van der Waals surface area contributed by atoms with Crippen molar-refractivity contribution < 1.29 is 23.5 Å². The van der Waals surface area contributed by atoms with Gasteiger partial charge in [0, 0.05) is 36.6 Å². The fourth-order valence-electron chi connectivity index (χ4n) is 3.10. The Hall–Kier alpha value is -2.23. The highest BCUT2D eigenvalue weighted by molar-refractivity contribution is 6.36. The van der Waals surface area contributed by atoms with Gasteiger partial charge in [-0.15, -0.1) is 0 Å². The average molecular weight is 475 g/mol. The lowest BCUT2D eigenvalue weighted by Crippen LogP contribution is -2.59. The number of hydrogen-bond donors (Lipinski definition) is 2. The molecule has 2 N–H and O–H groups in total. The van der Waals surface area contributed by atoms with E-state index in [1.807, 2.05) is 0 Å². The normalized spacial score (nSPS) is 17.5. The van der Waals surface area contributed by atoms with E-state index >= 15 is 0 Å². The predicted molar refractivity (Wildman–Crippen MR) is 116 cm³/mol. The quantitative estimate of drug-likeness (QED) is 0.379. The summed E-state index contributed by atoms with van der Waals surface area (Å²) in [5.74, 6) is -1.64. The first-order valence-corrected chi connectivity index (χ1v) is 10.2. The minimum Gasteiger partial charge on any atom is -0.465 e. The van der Waals surface area contributed by atoms with Gasteiger partial charge in [0.05, 0.1) is 18.2 Å². The first-order chi connectivity index (χ1) is 14.4. The molecular formula is C20H25Cl2FN4O4. The summed E-state index contributed by atoms with van der Waals surface area (Å²) in [5.41, 5.74) is -0.813. The van der Waals surface area contributed by atoms with Crippen molar-refractivity contribution in [2.24, 2.45) is 0 Å². The lowest BCUT2D eigenvalue weighted by atomic mass is 10.0. The van der Waals surface area contributed by atoms with E-state index in [0.29, 0.717) is 5.56 Å². The number of carbonyl (C=O) groups excluding carboxylic acids is 2. The molecule has 0 aromatic heterocycles. The molecule has 1 amide bonds. The Balaban J connectivity index is 2.34. The van der Waals surface area contributed by atoms with Gasteiger partial charge < -0.3 is 9.47 Å². The second-order valence-electron chi connectivity index (χ2n) is 8.00. The molecule has 1 fully saturated rings. The standard InChI is InChI=1S/C20H25Cl2FN4O4/c1-20(2,3)31-19(29)27-8-7-26(10-11-12(21)5-6-13(23)16(11)22)15(17(27)25)9-14(24)18(28)30-4/h5-6,15,24-25H,7-10H2,1-4H3. The molecule has 8 nitrogen and oxygen atoms in total. The summed E-state index contributed by atoms with van der Waals surface area (Å²) >= 11 is 12.3. The molecule has 170 valence electrons. The Morgan fingerprint density at radius 3 is 2.48 bits per heavy atom. The Bertz CT molecular complexity index is 904. The van der Waals surface area contributed by atoms with E-state index in [-0.39, 0.29) is 47.6 Å². The van der Waals surface area contributed by atoms with Crippen molar-refractivity contribution in [3.8, 4) is 0 Å². The van der Waals surface area contributed by atoms with Crippen molar-refractivity contribution in [3.05, 3.63) is 33.6 Å². The van der Waals surface area contributed by atoms with Crippen molar-refractivity contribution in [2.75, 3.05) is 20.2 Å². The number of piperazine rings is 1. The van der Waals surface area contributed by atoms with Crippen molar-refractivity contribution in [1.82, 2.24) is 9.80 Å². The molecule has 1 aromatic rings. The van der Waals surface area contributed by atoms with Crippen LogP contribution in [0.4, 0.5) is 9.18 Å². The summed E-state index contributed by atoms with van der Waals surface area (Å²) in [7, 11) is 1.15. The Kier molecular flexibility index (Phi) is 8.02. The zero-order valence-electron chi connectivity index (χ0n) is 17.7. The molecule has 1 aliphatic rings. The zero-order chi connectivity index (χ0) is 23.5. The van der Waals surface area contributed by atoms with E-state index in [4.69, 9.17) is 38.8 Å². The van der Waals surface area contributed by atoms with Crippen molar-refractivity contribution in [1.29, 1.82) is 10.8 Å². The number of benzene rings is 1. The van der Waals surface area contributed by atoms with Crippen LogP contribution in [0.15, 0.2) is 12.1 Å². The number of nitrogens with zero attached hydrogens (tertiary/aromatic N) is 2. The van der Waals surface area contributed by atoms with E-state index in [2.05, 4.69) is 4.74 Å². The van der Waals surface area contributed by atoms with Crippen LogP contribution in [-0.2, 0) is 20.8 Å². The molecule has 31 heavy (non-hydrogen) atoms. The molecule has 1 unspecified atom stereocenters. The van der Waals surface area contributed by atoms with Crippen molar-refractivity contribution >= 4 is 46.8 Å². The van der Waals surface area contributed by atoms with Crippen LogP contribution in [0.1, 0.15) is 32.8 Å². The molecule has 1 aromatic carbocycles. The van der Waals surface area contributed by atoms with Gasteiger partial charge in [0.1, 0.15) is 23.0 Å². The second kappa shape index (κ2) is 9.93. The summed E-state index contributed by atoms with van der Waals surface area (Å²) in [6.45, 7) is 5.57. The van der Waals surface area contributed by atoms with E-state index in [1.165, 1.54) is 6.07 Å². The monoisotopic (exact) mass is 474 g/mol. The molecule has 11 heteroatoms. The molecule has 1 heterocycles. The van der Waals surface area contributed by atoms with Crippen molar-refractivity contribution in [3.63, 3.8) is 0 Å². The lowest BCUT2D eigenvalue weighted by Gasteiger charge is -2.42. The molecule has 0 bridgehead atoms. The molecule has 0 aliphatic carbocycles. The lowest BCUT2D eigenvalue weighted by molar-refractivity contribution is -0.133. The molecule has 0 spiro atoms. The molecule has 0 radical (unpaired) electrons.